The highest BCUT2D eigenvalue weighted by Crippen LogP contribution is 2.10. The van der Waals surface area contributed by atoms with Gasteiger partial charge in [0.1, 0.15) is 5.69 Å². The molecular weight excluding hydrogens is 238 g/mol. The number of rotatable bonds is 3. The molecule has 0 saturated heterocycles. The summed E-state index contributed by atoms with van der Waals surface area (Å²) in [6, 6.07) is 5.19. The van der Waals surface area contributed by atoms with Gasteiger partial charge in [-0.05, 0) is 25.1 Å². The van der Waals surface area contributed by atoms with Crippen LogP contribution in [0.15, 0.2) is 24.4 Å². The van der Waals surface area contributed by atoms with Crippen molar-refractivity contribution in [3.05, 3.63) is 46.5 Å². The number of aromatic nitrogens is 3. The summed E-state index contributed by atoms with van der Waals surface area (Å²) in [4.78, 5) is 15.9. The largest absolute Gasteiger partial charge is 0.292 e. The highest BCUT2D eigenvalue weighted by molar-refractivity contribution is 6.30. The molecule has 0 unspecified atom stereocenters. The lowest BCUT2D eigenvalue weighted by Crippen LogP contribution is -2.09. The molecule has 88 valence electrons. The maximum Gasteiger partial charge on any atom is 0.187 e. The maximum atomic E-state index is 11.9. The number of hydrogen-bond donors (Lipinski definition) is 0. The lowest BCUT2D eigenvalue weighted by atomic mass is 10.1. The number of nitrogens with zero attached hydrogens (tertiary/aromatic N) is 3. The third-order valence-electron chi connectivity index (χ3n) is 2.45. The standard InChI is InChI=1S/C12H12ClN3O/c1-8-5-10(16(2)15-8)6-12(17)11-4-3-9(13)7-14-11/h3-5,7H,6H2,1-2H3. The fourth-order valence-electron chi connectivity index (χ4n) is 1.63. The molecule has 0 aliphatic heterocycles. The van der Waals surface area contributed by atoms with Gasteiger partial charge in [-0.3, -0.25) is 14.5 Å². The summed E-state index contributed by atoms with van der Waals surface area (Å²) < 4.78 is 1.71. The van der Waals surface area contributed by atoms with Gasteiger partial charge in [-0.2, -0.15) is 5.10 Å². The molecule has 2 aromatic heterocycles. The van der Waals surface area contributed by atoms with Crippen molar-refractivity contribution in [3.8, 4) is 0 Å². The number of Topliss-reactive ketones (excluding diaryl/α,β-unsaturated/α-hetero) is 1. The summed E-state index contributed by atoms with van der Waals surface area (Å²) in [6.07, 6.45) is 1.77. The Morgan fingerprint density at radius 1 is 1.47 bits per heavy atom. The van der Waals surface area contributed by atoms with E-state index in [9.17, 15) is 4.79 Å². The molecular formula is C12H12ClN3O. The zero-order valence-corrected chi connectivity index (χ0v) is 10.4. The lowest BCUT2D eigenvalue weighted by molar-refractivity contribution is 0.0986. The zero-order valence-electron chi connectivity index (χ0n) is 9.64. The Morgan fingerprint density at radius 2 is 2.24 bits per heavy atom. The Hall–Kier alpha value is -1.68. The van der Waals surface area contributed by atoms with Crippen LogP contribution in [0.2, 0.25) is 5.02 Å². The van der Waals surface area contributed by atoms with E-state index in [0.29, 0.717) is 17.1 Å². The molecule has 0 N–H and O–H groups in total. The number of pyridine rings is 1. The van der Waals surface area contributed by atoms with Gasteiger partial charge < -0.3 is 0 Å². The Bertz CT molecular complexity index is 545. The number of ketones is 1. The van der Waals surface area contributed by atoms with Crippen LogP contribution in [0.4, 0.5) is 0 Å². The van der Waals surface area contributed by atoms with Gasteiger partial charge in [0, 0.05) is 18.9 Å². The van der Waals surface area contributed by atoms with Crippen LogP contribution in [0.5, 0.6) is 0 Å². The maximum absolute atomic E-state index is 11.9. The normalized spacial score (nSPS) is 10.5. The van der Waals surface area contributed by atoms with Gasteiger partial charge in [-0.15, -0.1) is 0 Å². The molecule has 0 fully saturated rings. The first-order valence-electron chi connectivity index (χ1n) is 5.20. The topological polar surface area (TPSA) is 47.8 Å². The van der Waals surface area contributed by atoms with Crippen LogP contribution in [-0.2, 0) is 13.5 Å². The van der Waals surface area contributed by atoms with Crippen LogP contribution in [0.1, 0.15) is 21.9 Å². The molecule has 2 rings (SSSR count). The Kier molecular flexibility index (Phi) is 3.24. The van der Waals surface area contributed by atoms with E-state index in [1.54, 1.807) is 16.8 Å². The van der Waals surface area contributed by atoms with Crippen LogP contribution >= 0.6 is 11.6 Å². The molecule has 0 aliphatic rings. The molecule has 0 aliphatic carbocycles. The van der Waals surface area contributed by atoms with Gasteiger partial charge in [0.15, 0.2) is 5.78 Å². The van der Waals surface area contributed by atoms with Crippen molar-refractivity contribution in [2.75, 3.05) is 0 Å². The average molecular weight is 250 g/mol. The molecule has 0 saturated carbocycles. The van der Waals surface area contributed by atoms with E-state index in [1.807, 2.05) is 20.0 Å². The molecule has 0 aromatic carbocycles. The van der Waals surface area contributed by atoms with Gasteiger partial charge in [-0.1, -0.05) is 11.6 Å². The number of aryl methyl sites for hydroxylation is 2. The highest BCUT2D eigenvalue weighted by Gasteiger charge is 2.11. The van der Waals surface area contributed by atoms with E-state index in [4.69, 9.17) is 11.6 Å². The molecule has 2 heterocycles. The SMILES string of the molecule is Cc1cc(CC(=O)c2ccc(Cl)cn2)n(C)n1. The Balaban J connectivity index is 2.17. The van der Waals surface area contributed by atoms with E-state index in [1.165, 1.54) is 6.20 Å². The van der Waals surface area contributed by atoms with Gasteiger partial charge in [0.25, 0.3) is 0 Å². The molecule has 0 radical (unpaired) electrons. The van der Waals surface area contributed by atoms with Crippen molar-refractivity contribution in [1.82, 2.24) is 14.8 Å². The zero-order chi connectivity index (χ0) is 12.4. The van der Waals surface area contributed by atoms with Gasteiger partial charge in [0.2, 0.25) is 0 Å². The van der Waals surface area contributed by atoms with E-state index in [2.05, 4.69) is 10.1 Å². The van der Waals surface area contributed by atoms with Crippen LogP contribution in [0.3, 0.4) is 0 Å². The van der Waals surface area contributed by atoms with Crippen LogP contribution in [-0.4, -0.2) is 20.5 Å². The summed E-state index contributed by atoms with van der Waals surface area (Å²) in [6.45, 7) is 1.90. The second-order valence-corrected chi connectivity index (χ2v) is 4.30. The van der Waals surface area contributed by atoms with Crippen LogP contribution in [0.25, 0.3) is 0 Å². The number of carbonyl (C=O) groups excluding carboxylic acids is 1. The third-order valence-corrected chi connectivity index (χ3v) is 2.68. The minimum atomic E-state index is -0.0373. The molecule has 17 heavy (non-hydrogen) atoms. The fourth-order valence-corrected chi connectivity index (χ4v) is 1.74. The predicted octanol–water partition coefficient (Wildman–Crippen LogP) is 2.20. The smallest absolute Gasteiger partial charge is 0.187 e. The summed E-state index contributed by atoms with van der Waals surface area (Å²) in [5.41, 5.74) is 2.21. The summed E-state index contributed by atoms with van der Waals surface area (Å²) in [7, 11) is 1.82. The number of hydrogen-bond acceptors (Lipinski definition) is 3. The van der Waals surface area contributed by atoms with Crippen molar-refractivity contribution in [3.63, 3.8) is 0 Å². The van der Waals surface area contributed by atoms with Crippen molar-refractivity contribution in [1.29, 1.82) is 0 Å². The van der Waals surface area contributed by atoms with Gasteiger partial charge >= 0.3 is 0 Å². The molecule has 2 aromatic rings. The second-order valence-electron chi connectivity index (χ2n) is 3.86. The minimum Gasteiger partial charge on any atom is -0.292 e. The van der Waals surface area contributed by atoms with Crippen molar-refractivity contribution in [2.24, 2.45) is 7.05 Å². The predicted molar refractivity (Wildman–Crippen MR) is 65.2 cm³/mol. The summed E-state index contributed by atoms with van der Waals surface area (Å²) in [5.74, 6) is -0.0373. The van der Waals surface area contributed by atoms with Crippen molar-refractivity contribution in [2.45, 2.75) is 13.3 Å². The fraction of sp³-hybridized carbons (Fsp3) is 0.250. The first kappa shape index (κ1) is 11.8. The lowest BCUT2D eigenvalue weighted by Gasteiger charge is -2.01. The first-order chi connectivity index (χ1) is 8.06. The Morgan fingerprint density at radius 3 is 2.76 bits per heavy atom. The first-order valence-corrected chi connectivity index (χ1v) is 5.58. The van der Waals surface area contributed by atoms with E-state index in [0.717, 1.165) is 11.4 Å². The molecule has 4 nitrogen and oxygen atoms in total. The number of halogens is 1. The molecule has 0 atom stereocenters. The summed E-state index contributed by atoms with van der Waals surface area (Å²) in [5, 5.41) is 4.72. The van der Waals surface area contributed by atoms with Crippen LogP contribution in [0, 0.1) is 6.92 Å². The van der Waals surface area contributed by atoms with Crippen LogP contribution < -0.4 is 0 Å². The molecule has 0 spiro atoms. The summed E-state index contributed by atoms with van der Waals surface area (Å²) >= 11 is 5.72. The van der Waals surface area contributed by atoms with E-state index < -0.39 is 0 Å². The van der Waals surface area contributed by atoms with Gasteiger partial charge in [-0.25, -0.2) is 0 Å². The molecule has 0 amide bonds. The highest BCUT2D eigenvalue weighted by atomic mass is 35.5. The molecule has 0 bridgehead atoms. The van der Waals surface area contributed by atoms with E-state index >= 15 is 0 Å². The van der Waals surface area contributed by atoms with Crippen molar-refractivity contribution < 1.29 is 4.79 Å². The van der Waals surface area contributed by atoms with E-state index in [-0.39, 0.29) is 5.78 Å². The second kappa shape index (κ2) is 4.67. The Labute approximate surface area is 104 Å². The van der Waals surface area contributed by atoms with Gasteiger partial charge in [0.05, 0.1) is 17.1 Å². The quantitative estimate of drug-likeness (QED) is 0.784. The molecule has 5 heteroatoms. The monoisotopic (exact) mass is 249 g/mol. The average Bonchev–Trinajstić information content (AvgIpc) is 2.58. The third kappa shape index (κ3) is 2.71. The minimum absolute atomic E-state index is 0.0373. The van der Waals surface area contributed by atoms with Crippen molar-refractivity contribution >= 4 is 17.4 Å². The number of carbonyl (C=O) groups is 1.